The summed E-state index contributed by atoms with van der Waals surface area (Å²) >= 11 is 0. The van der Waals surface area contributed by atoms with Crippen molar-refractivity contribution in [1.29, 1.82) is 0 Å². The predicted octanol–water partition coefficient (Wildman–Crippen LogP) is 1.96. The number of hydrogen-bond acceptors (Lipinski definition) is 6. The molecular weight excluding hydrogens is 426 g/mol. The van der Waals surface area contributed by atoms with Crippen molar-refractivity contribution in [3.63, 3.8) is 0 Å². The first-order valence-corrected chi connectivity index (χ1v) is 10.7. The molecule has 0 radical (unpaired) electrons. The molecule has 4 rings (SSSR count). The van der Waals surface area contributed by atoms with Crippen LogP contribution in [0.25, 0.3) is 0 Å². The molecule has 9 nitrogen and oxygen atoms in total. The number of nitrogens with one attached hydrogen (secondary N) is 2. The highest BCUT2D eigenvalue weighted by Gasteiger charge is 2.47. The number of hydrogen-bond donors (Lipinski definition) is 2. The summed E-state index contributed by atoms with van der Waals surface area (Å²) in [6, 6.07) is 11.4. The highest BCUT2D eigenvalue weighted by Crippen LogP contribution is 2.41. The molecule has 1 saturated carbocycles. The topological polar surface area (TPSA) is 114 Å². The standard InChI is InChI=1S/C24H25N3O6/c1-14-11-16(33-13-21(29)32-2)9-10-19(14)26-20(28)12-25-23(30)22-17-5-3-4-6-18(17)24(31)27(22)15-7-8-15/h3-6,9-11,15,22H,7-8,12-13H2,1-2H3,(H,25,30)(H,26,28). The molecular formula is C24H25N3O6. The number of methoxy groups -OCH3 is 1. The second-order valence-corrected chi connectivity index (χ2v) is 8.04. The number of anilines is 1. The van der Waals surface area contributed by atoms with Gasteiger partial charge in [0, 0.05) is 17.3 Å². The van der Waals surface area contributed by atoms with Crippen molar-refractivity contribution in [2.45, 2.75) is 31.8 Å². The van der Waals surface area contributed by atoms with Gasteiger partial charge in [-0.15, -0.1) is 0 Å². The zero-order valence-corrected chi connectivity index (χ0v) is 18.4. The maximum absolute atomic E-state index is 13.0. The third-order valence-corrected chi connectivity index (χ3v) is 5.67. The van der Waals surface area contributed by atoms with Crippen molar-refractivity contribution in [2.24, 2.45) is 0 Å². The summed E-state index contributed by atoms with van der Waals surface area (Å²) < 4.78 is 9.86. The zero-order chi connectivity index (χ0) is 23.5. The molecule has 9 heteroatoms. The van der Waals surface area contributed by atoms with Crippen LogP contribution in [0.3, 0.4) is 0 Å². The molecule has 0 spiro atoms. The van der Waals surface area contributed by atoms with Gasteiger partial charge >= 0.3 is 5.97 Å². The van der Waals surface area contributed by atoms with Crippen LogP contribution in [0.15, 0.2) is 42.5 Å². The highest BCUT2D eigenvalue weighted by molar-refractivity contribution is 6.05. The lowest BCUT2D eigenvalue weighted by atomic mass is 10.0. The van der Waals surface area contributed by atoms with Gasteiger partial charge in [0.15, 0.2) is 6.61 Å². The summed E-state index contributed by atoms with van der Waals surface area (Å²) in [4.78, 5) is 51.0. The Hall–Kier alpha value is -3.88. The normalized spacial score (nSPS) is 16.7. The number of carbonyl (C=O) groups excluding carboxylic acids is 4. The van der Waals surface area contributed by atoms with E-state index in [0.717, 1.165) is 18.4 Å². The lowest BCUT2D eigenvalue weighted by Gasteiger charge is -2.24. The number of carbonyl (C=O) groups is 4. The lowest BCUT2D eigenvalue weighted by Crippen LogP contribution is -2.42. The number of ether oxygens (including phenoxy) is 2. The van der Waals surface area contributed by atoms with Gasteiger partial charge in [-0.3, -0.25) is 14.4 Å². The Labute approximate surface area is 191 Å². The molecule has 1 aliphatic carbocycles. The Morgan fingerprint density at radius 2 is 1.88 bits per heavy atom. The van der Waals surface area contributed by atoms with Gasteiger partial charge < -0.3 is 25.0 Å². The highest BCUT2D eigenvalue weighted by atomic mass is 16.6. The minimum Gasteiger partial charge on any atom is -0.482 e. The molecule has 1 aliphatic heterocycles. The summed E-state index contributed by atoms with van der Waals surface area (Å²) in [5.74, 6) is -0.937. The Balaban J connectivity index is 1.36. The van der Waals surface area contributed by atoms with Gasteiger partial charge in [0.1, 0.15) is 11.8 Å². The maximum atomic E-state index is 13.0. The molecule has 1 fully saturated rings. The first-order chi connectivity index (χ1) is 15.9. The van der Waals surface area contributed by atoms with Crippen LogP contribution < -0.4 is 15.4 Å². The minimum atomic E-state index is -0.720. The van der Waals surface area contributed by atoms with E-state index in [0.29, 0.717) is 22.6 Å². The predicted molar refractivity (Wildman–Crippen MR) is 119 cm³/mol. The van der Waals surface area contributed by atoms with Gasteiger partial charge in [-0.1, -0.05) is 18.2 Å². The van der Waals surface area contributed by atoms with Crippen molar-refractivity contribution in [2.75, 3.05) is 25.6 Å². The van der Waals surface area contributed by atoms with Crippen molar-refractivity contribution < 1.29 is 28.7 Å². The fourth-order valence-electron chi connectivity index (χ4n) is 3.86. The number of rotatable bonds is 8. The molecule has 2 N–H and O–H groups in total. The zero-order valence-electron chi connectivity index (χ0n) is 18.4. The van der Waals surface area contributed by atoms with E-state index in [1.807, 2.05) is 0 Å². The number of nitrogens with zero attached hydrogens (tertiary/aromatic N) is 1. The Morgan fingerprint density at radius 1 is 1.12 bits per heavy atom. The summed E-state index contributed by atoms with van der Waals surface area (Å²) in [5.41, 5.74) is 2.50. The van der Waals surface area contributed by atoms with E-state index >= 15 is 0 Å². The molecule has 1 heterocycles. The maximum Gasteiger partial charge on any atom is 0.343 e. The average Bonchev–Trinajstić information content (AvgIpc) is 3.61. The van der Waals surface area contributed by atoms with E-state index in [9.17, 15) is 19.2 Å². The van der Waals surface area contributed by atoms with Crippen LogP contribution in [-0.4, -0.2) is 54.9 Å². The minimum absolute atomic E-state index is 0.0667. The van der Waals surface area contributed by atoms with Gasteiger partial charge in [0.05, 0.1) is 13.7 Å². The van der Waals surface area contributed by atoms with Crippen LogP contribution in [0.1, 0.15) is 40.4 Å². The molecule has 33 heavy (non-hydrogen) atoms. The van der Waals surface area contributed by atoms with Crippen molar-refractivity contribution in [3.8, 4) is 5.75 Å². The van der Waals surface area contributed by atoms with Crippen LogP contribution in [-0.2, 0) is 19.1 Å². The molecule has 1 atom stereocenters. The first-order valence-electron chi connectivity index (χ1n) is 10.7. The van der Waals surface area contributed by atoms with E-state index in [1.165, 1.54) is 7.11 Å². The summed E-state index contributed by atoms with van der Waals surface area (Å²) in [7, 11) is 1.28. The summed E-state index contributed by atoms with van der Waals surface area (Å²) in [6.45, 7) is 1.34. The molecule has 2 aliphatic rings. The number of fused-ring (bicyclic) bond motifs is 1. The van der Waals surface area contributed by atoms with E-state index in [1.54, 1.807) is 54.3 Å². The Kier molecular flexibility index (Phi) is 6.30. The SMILES string of the molecule is COC(=O)COc1ccc(NC(=O)CNC(=O)C2c3ccccc3C(=O)N2C2CC2)c(C)c1. The molecule has 0 bridgehead atoms. The number of amides is 3. The van der Waals surface area contributed by atoms with Crippen molar-refractivity contribution in [1.82, 2.24) is 10.2 Å². The van der Waals surface area contributed by atoms with Gasteiger partial charge in [-0.25, -0.2) is 4.79 Å². The number of esters is 1. The summed E-state index contributed by atoms with van der Waals surface area (Å²) in [6.07, 6.45) is 1.76. The number of benzene rings is 2. The monoisotopic (exact) mass is 451 g/mol. The van der Waals surface area contributed by atoms with Gasteiger partial charge in [-0.2, -0.15) is 0 Å². The van der Waals surface area contributed by atoms with E-state index in [-0.39, 0.29) is 31.0 Å². The van der Waals surface area contributed by atoms with Crippen LogP contribution in [0.4, 0.5) is 5.69 Å². The van der Waals surface area contributed by atoms with Gasteiger partial charge in [0.25, 0.3) is 5.91 Å². The van der Waals surface area contributed by atoms with Gasteiger partial charge in [0.2, 0.25) is 11.8 Å². The molecule has 2 aromatic rings. The quantitative estimate of drug-likeness (QED) is 0.593. The Morgan fingerprint density at radius 3 is 2.58 bits per heavy atom. The third-order valence-electron chi connectivity index (χ3n) is 5.67. The molecule has 1 unspecified atom stereocenters. The molecule has 3 amide bonds. The second-order valence-electron chi connectivity index (χ2n) is 8.04. The molecule has 172 valence electrons. The van der Waals surface area contributed by atoms with E-state index < -0.39 is 17.9 Å². The fraction of sp³-hybridized carbons (Fsp3) is 0.333. The fourth-order valence-corrected chi connectivity index (χ4v) is 3.86. The molecule has 2 aromatic carbocycles. The molecule has 0 saturated heterocycles. The largest absolute Gasteiger partial charge is 0.482 e. The molecule has 0 aromatic heterocycles. The van der Waals surface area contributed by atoms with Gasteiger partial charge in [-0.05, 0) is 55.2 Å². The van der Waals surface area contributed by atoms with Crippen LogP contribution >= 0.6 is 0 Å². The van der Waals surface area contributed by atoms with Crippen molar-refractivity contribution in [3.05, 3.63) is 59.2 Å². The Bertz CT molecular complexity index is 1110. The second kappa shape index (κ2) is 9.32. The van der Waals surface area contributed by atoms with Crippen LogP contribution in [0.5, 0.6) is 5.75 Å². The van der Waals surface area contributed by atoms with E-state index in [4.69, 9.17) is 4.74 Å². The van der Waals surface area contributed by atoms with Crippen molar-refractivity contribution >= 4 is 29.4 Å². The smallest absolute Gasteiger partial charge is 0.343 e. The average molecular weight is 451 g/mol. The van der Waals surface area contributed by atoms with E-state index in [2.05, 4.69) is 15.4 Å². The van der Waals surface area contributed by atoms with Crippen LogP contribution in [0, 0.1) is 6.92 Å². The third kappa shape index (κ3) is 4.82. The number of aryl methyl sites for hydroxylation is 1. The first kappa shape index (κ1) is 22.3. The lowest BCUT2D eigenvalue weighted by molar-refractivity contribution is -0.142. The van der Waals surface area contributed by atoms with Crippen LogP contribution in [0.2, 0.25) is 0 Å². The summed E-state index contributed by atoms with van der Waals surface area (Å²) in [5, 5.41) is 5.42.